The molecule has 0 heterocycles. The van der Waals surface area contributed by atoms with Crippen LogP contribution in [-0.4, -0.2) is 13.6 Å². The summed E-state index contributed by atoms with van der Waals surface area (Å²) in [6.07, 6.45) is 6.56. The van der Waals surface area contributed by atoms with Crippen molar-refractivity contribution in [1.82, 2.24) is 5.32 Å². The molecule has 17 heavy (non-hydrogen) atoms. The van der Waals surface area contributed by atoms with Crippen molar-refractivity contribution in [2.75, 3.05) is 13.6 Å². The molecule has 0 aromatic heterocycles. The Morgan fingerprint density at radius 2 is 1.88 bits per heavy atom. The fraction of sp³-hybridized carbons (Fsp3) is 0.600. The minimum absolute atomic E-state index is 0.771. The molecule has 0 fully saturated rings. The van der Waals surface area contributed by atoms with Gasteiger partial charge in [0.15, 0.2) is 0 Å². The molecule has 1 unspecified atom stereocenters. The van der Waals surface area contributed by atoms with E-state index in [4.69, 9.17) is 0 Å². The second-order valence-electron chi connectivity index (χ2n) is 4.75. The summed E-state index contributed by atoms with van der Waals surface area (Å²) >= 11 is 3.48. The number of nitrogens with one attached hydrogen (secondary N) is 1. The van der Waals surface area contributed by atoms with Gasteiger partial charge in [0, 0.05) is 4.47 Å². The highest BCUT2D eigenvalue weighted by atomic mass is 79.9. The van der Waals surface area contributed by atoms with Gasteiger partial charge in [0.25, 0.3) is 0 Å². The summed E-state index contributed by atoms with van der Waals surface area (Å²) in [6.45, 7) is 3.39. The Balaban J connectivity index is 2.44. The lowest BCUT2D eigenvalue weighted by molar-refractivity contribution is 0.438. The van der Waals surface area contributed by atoms with E-state index < -0.39 is 0 Å². The van der Waals surface area contributed by atoms with Crippen molar-refractivity contribution in [3.8, 4) is 0 Å². The normalized spacial score (nSPS) is 12.6. The van der Waals surface area contributed by atoms with Crippen LogP contribution < -0.4 is 5.32 Å². The minimum atomic E-state index is 0.771. The third-order valence-corrected chi connectivity index (χ3v) is 3.68. The predicted molar refractivity (Wildman–Crippen MR) is 79.4 cm³/mol. The van der Waals surface area contributed by atoms with Gasteiger partial charge in [0.05, 0.1) is 0 Å². The van der Waals surface area contributed by atoms with E-state index >= 15 is 0 Å². The van der Waals surface area contributed by atoms with Crippen LogP contribution in [0.2, 0.25) is 0 Å². The Morgan fingerprint density at radius 1 is 1.18 bits per heavy atom. The summed E-state index contributed by atoms with van der Waals surface area (Å²) < 4.78 is 1.16. The molecule has 0 aliphatic heterocycles. The van der Waals surface area contributed by atoms with Crippen molar-refractivity contribution in [1.29, 1.82) is 0 Å². The number of hydrogen-bond acceptors (Lipinski definition) is 1. The maximum absolute atomic E-state index is 3.48. The summed E-state index contributed by atoms with van der Waals surface area (Å²) in [4.78, 5) is 0. The highest BCUT2D eigenvalue weighted by Gasteiger charge is 2.08. The molecule has 0 aliphatic rings. The molecule has 0 aliphatic carbocycles. The van der Waals surface area contributed by atoms with Crippen molar-refractivity contribution < 1.29 is 0 Å². The van der Waals surface area contributed by atoms with Crippen LogP contribution in [0.15, 0.2) is 28.7 Å². The summed E-state index contributed by atoms with van der Waals surface area (Å²) in [5.74, 6) is 0.771. The highest BCUT2D eigenvalue weighted by Crippen LogP contribution is 2.17. The largest absolute Gasteiger partial charge is 0.319 e. The van der Waals surface area contributed by atoms with Gasteiger partial charge in [-0.05, 0) is 50.0 Å². The molecular formula is C15H24BrN. The molecule has 1 rings (SSSR count). The quantitative estimate of drug-likeness (QED) is 0.701. The maximum atomic E-state index is 3.48. The van der Waals surface area contributed by atoms with E-state index in [-0.39, 0.29) is 0 Å². The first-order chi connectivity index (χ1) is 8.26. The van der Waals surface area contributed by atoms with E-state index in [0.717, 1.165) is 16.9 Å². The van der Waals surface area contributed by atoms with Gasteiger partial charge in [0.2, 0.25) is 0 Å². The molecular weight excluding hydrogens is 274 g/mol. The van der Waals surface area contributed by atoms with E-state index in [2.05, 4.69) is 59.5 Å². The average Bonchev–Trinajstić information content (AvgIpc) is 2.32. The Bertz CT molecular complexity index is 294. The van der Waals surface area contributed by atoms with Crippen LogP contribution >= 0.6 is 15.9 Å². The van der Waals surface area contributed by atoms with Crippen LogP contribution in [0.4, 0.5) is 0 Å². The van der Waals surface area contributed by atoms with Gasteiger partial charge < -0.3 is 5.32 Å². The predicted octanol–water partition coefficient (Wildman–Crippen LogP) is 4.41. The zero-order valence-electron chi connectivity index (χ0n) is 11.0. The van der Waals surface area contributed by atoms with Crippen LogP contribution in [0.5, 0.6) is 0 Å². The molecule has 1 aromatic rings. The van der Waals surface area contributed by atoms with Gasteiger partial charge in [-0.3, -0.25) is 0 Å². The Hall–Kier alpha value is -0.340. The molecule has 0 spiro atoms. The van der Waals surface area contributed by atoms with E-state index in [1.807, 2.05) is 0 Å². The molecule has 1 nitrogen and oxygen atoms in total. The maximum Gasteiger partial charge on any atom is 0.0175 e. The molecule has 0 bridgehead atoms. The van der Waals surface area contributed by atoms with E-state index in [1.165, 1.54) is 37.7 Å². The third-order valence-electron chi connectivity index (χ3n) is 3.15. The Morgan fingerprint density at radius 3 is 2.47 bits per heavy atom. The lowest BCUT2D eigenvalue weighted by atomic mass is 9.94. The summed E-state index contributed by atoms with van der Waals surface area (Å²) in [5, 5.41) is 3.32. The highest BCUT2D eigenvalue weighted by molar-refractivity contribution is 9.10. The zero-order chi connectivity index (χ0) is 12.5. The van der Waals surface area contributed by atoms with Crippen molar-refractivity contribution in [3.05, 3.63) is 34.3 Å². The molecule has 0 saturated carbocycles. The van der Waals surface area contributed by atoms with Gasteiger partial charge >= 0.3 is 0 Å². The number of halogens is 1. The minimum Gasteiger partial charge on any atom is -0.319 e. The van der Waals surface area contributed by atoms with Gasteiger partial charge in [-0.1, -0.05) is 54.2 Å². The van der Waals surface area contributed by atoms with Crippen molar-refractivity contribution in [3.63, 3.8) is 0 Å². The van der Waals surface area contributed by atoms with Crippen LogP contribution in [0.25, 0.3) is 0 Å². The summed E-state index contributed by atoms with van der Waals surface area (Å²) in [6, 6.07) is 8.73. The molecule has 1 aromatic carbocycles. The van der Waals surface area contributed by atoms with Crippen LogP contribution in [0, 0.1) is 5.92 Å². The van der Waals surface area contributed by atoms with Crippen LogP contribution in [-0.2, 0) is 6.42 Å². The molecule has 2 heteroatoms. The first-order valence-electron chi connectivity index (χ1n) is 6.65. The number of hydrogen-bond donors (Lipinski definition) is 1. The molecule has 96 valence electrons. The number of rotatable bonds is 8. The Kier molecular flexibility index (Phi) is 7.54. The molecule has 1 N–H and O–H groups in total. The standard InChI is InChI=1S/C15H24BrN/c1-3-4-5-6-14(12-17-2)11-13-7-9-15(16)10-8-13/h7-10,14,17H,3-6,11-12H2,1-2H3. The second-order valence-corrected chi connectivity index (χ2v) is 5.67. The smallest absolute Gasteiger partial charge is 0.0175 e. The Labute approximate surface area is 114 Å². The number of benzene rings is 1. The molecule has 0 radical (unpaired) electrons. The van der Waals surface area contributed by atoms with Gasteiger partial charge in [0.1, 0.15) is 0 Å². The zero-order valence-corrected chi connectivity index (χ0v) is 12.6. The van der Waals surface area contributed by atoms with Crippen molar-refractivity contribution in [2.45, 2.75) is 39.0 Å². The lowest BCUT2D eigenvalue weighted by Crippen LogP contribution is -2.20. The van der Waals surface area contributed by atoms with Crippen molar-refractivity contribution >= 4 is 15.9 Å². The average molecular weight is 298 g/mol. The van der Waals surface area contributed by atoms with E-state index in [1.54, 1.807) is 0 Å². The van der Waals surface area contributed by atoms with E-state index in [9.17, 15) is 0 Å². The van der Waals surface area contributed by atoms with Gasteiger partial charge in [-0.25, -0.2) is 0 Å². The summed E-state index contributed by atoms with van der Waals surface area (Å²) in [5.41, 5.74) is 1.45. The van der Waals surface area contributed by atoms with E-state index in [0.29, 0.717) is 0 Å². The molecule has 0 saturated heterocycles. The third kappa shape index (κ3) is 6.23. The van der Waals surface area contributed by atoms with Crippen LogP contribution in [0.1, 0.15) is 38.2 Å². The first-order valence-corrected chi connectivity index (χ1v) is 7.44. The first kappa shape index (κ1) is 14.7. The van der Waals surface area contributed by atoms with Gasteiger partial charge in [-0.2, -0.15) is 0 Å². The lowest BCUT2D eigenvalue weighted by Gasteiger charge is -2.16. The molecule has 1 atom stereocenters. The van der Waals surface area contributed by atoms with Crippen molar-refractivity contribution in [2.24, 2.45) is 5.92 Å². The topological polar surface area (TPSA) is 12.0 Å². The van der Waals surface area contributed by atoms with Crippen LogP contribution in [0.3, 0.4) is 0 Å². The molecule has 0 amide bonds. The second kappa shape index (κ2) is 8.71. The number of unbranched alkanes of at least 4 members (excludes halogenated alkanes) is 2. The fourth-order valence-corrected chi connectivity index (χ4v) is 2.47. The SMILES string of the molecule is CCCCCC(CNC)Cc1ccc(Br)cc1. The summed E-state index contributed by atoms with van der Waals surface area (Å²) in [7, 11) is 2.05. The fourth-order valence-electron chi connectivity index (χ4n) is 2.20. The monoisotopic (exact) mass is 297 g/mol. The van der Waals surface area contributed by atoms with Gasteiger partial charge in [-0.15, -0.1) is 0 Å².